The molecule has 0 atom stereocenters. The minimum absolute atomic E-state index is 0.436. The van der Waals surface area contributed by atoms with Crippen molar-refractivity contribution in [3.05, 3.63) is 0 Å². The first-order chi connectivity index (χ1) is 10.8. The number of rotatable bonds is 15. The zero-order valence-corrected chi connectivity index (χ0v) is 16.8. The van der Waals surface area contributed by atoms with Crippen LogP contribution in [0.1, 0.15) is 105 Å². The van der Waals surface area contributed by atoms with Gasteiger partial charge in [0.2, 0.25) is 0 Å². The second-order valence-corrected chi connectivity index (χ2v) is 8.89. The van der Waals surface area contributed by atoms with Crippen LogP contribution in [0.4, 0.5) is 0 Å². The smallest absolute Gasteiger partial charge is 0.312 e. The standard InChI is InChI=1S/C18H40NO3P/c1-5-7-9-11-13-15-17-19(23(20,21)22)18(3,4)16-14-12-10-8-6-2/h5-17H2,1-4H3,(H2,20,21,22). The van der Waals surface area contributed by atoms with E-state index in [4.69, 9.17) is 0 Å². The maximum atomic E-state index is 11.9. The van der Waals surface area contributed by atoms with Crippen molar-refractivity contribution in [2.75, 3.05) is 6.54 Å². The number of hydrogen-bond acceptors (Lipinski definition) is 1. The van der Waals surface area contributed by atoms with Crippen LogP contribution in [0.2, 0.25) is 0 Å². The molecule has 0 heterocycles. The third-order valence-electron chi connectivity index (χ3n) is 4.63. The van der Waals surface area contributed by atoms with E-state index in [1.54, 1.807) is 0 Å². The molecule has 0 aromatic rings. The van der Waals surface area contributed by atoms with Crippen molar-refractivity contribution in [1.82, 2.24) is 4.67 Å². The van der Waals surface area contributed by atoms with Gasteiger partial charge >= 0.3 is 7.75 Å². The molecule has 0 saturated carbocycles. The molecule has 0 rings (SSSR count). The summed E-state index contributed by atoms with van der Waals surface area (Å²) in [5.41, 5.74) is -0.436. The lowest BCUT2D eigenvalue weighted by Crippen LogP contribution is -2.42. The minimum Gasteiger partial charge on any atom is -0.312 e. The molecule has 0 aromatic carbocycles. The lowest BCUT2D eigenvalue weighted by molar-refractivity contribution is 0.152. The van der Waals surface area contributed by atoms with Crippen molar-refractivity contribution in [3.8, 4) is 0 Å². The van der Waals surface area contributed by atoms with Gasteiger partial charge in [0.15, 0.2) is 0 Å². The van der Waals surface area contributed by atoms with Crippen LogP contribution >= 0.6 is 7.75 Å². The first-order valence-corrected chi connectivity index (χ1v) is 11.2. The summed E-state index contributed by atoms with van der Waals surface area (Å²) in [6.07, 6.45) is 13.5. The monoisotopic (exact) mass is 349 g/mol. The van der Waals surface area contributed by atoms with E-state index < -0.39 is 13.3 Å². The quantitative estimate of drug-likeness (QED) is 0.286. The van der Waals surface area contributed by atoms with Gasteiger partial charge in [-0.25, -0.2) is 9.24 Å². The fourth-order valence-corrected chi connectivity index (χ4v) is 4.32. The van der Waals surface area contributed by atoms with Gasteiger partial charge in [0.1, 0.15) is 0 Å². The molecule has 0 radical (unpaired) electrons. The van der Waals surface area contributed by atoms with E-state index >= 15 is 0 Å². The molecule has 0 unspecified atom stereocenters. The molecule has 0 amide bonds. The molecular formula is C18H40NO3P. The normalized spacial score (nSPS) is 13.0. The molecule has 23 heavy (non-hydrogen) atoms. The van der Waals surface area contributed by atoms with Gasteiger partial charge in [-0.1, -0.05) is 78.1 Å². The average molecular weight is 349 g/mol. The lowest BCUT2D eigenvalue weighted by Gasteiger charge is -2.38. The highest BCUT2D eigenvalue weighted by Gasteiger charge is 2.37. The molecule has 0 bridgehead atoms. The SMILES string of the molecule is CCCCCCCCN(C(C)(C)CCCCCCC)P(=O)(O)O. The van der Waals surface area contributed by atoms with Crippen molar-refractivity contribution < 1.29 is 14.4 Å². The van der Waals surface area contributed by atoms with Crippen LogP contribution in [0.15, 0.2) is 0 Å². The van der Waals surface area contributed by atoms with Crippen molar-refractivity contribution >= 4 is 7.75 Å². The van der Waals surface area contributed by atoms with Crippen molar-refractivity contribution in [3.63, 3.8) is 0 Å². The van der Waals surface area contributed by atoms with E-state index in [0.717, 1.165) is 32.1 Å². The lowest BCUT2D eigenvalue weighted by atomic mass is 9.95. The topological polar surface area (TPSA) is 60.8 Å². The van der Waals surface area contributed by atoms with E-state index in [-0.39, 0.29) is 0 Å². The van der Waals surface area contributed by atoms with Gasteiger partial charge in [0.25, 0.3) is 0 Å². The highest BCUT2D eigenvalue weighted by Crippen LogP contribution is 2.47. The third-order valence-corrected chi connectivity index (χ3v) is 6.00. The van der Waals surface area contributed by atoms with Crippen LogP contribution in [0, 0.1) is 0 Å². The first kappa shape index (κ1) is 23.1. The molecule has 4 nitrogen and oxygen atoms in total. The molecule has 0 aliphatic heterocycles. The second kappa shape index (κ2) is 12.5. The Bertz CT molecular complexity index is 328. The highest BCUT2D eigenvalue weighted by molar-refractivity contribution is 7.49. The number of unbranched alkanes of at least 4 members (excludes halogenated alkanes) is 9. The zero-order chi connectivity index (χ0) is 17.8. The Morgan fingerprint density at radius 1 is 0.783 bits per heavy atom. The van der Waals surface area contributed by atoms with Gasteiger partial charge in [-0.3, -0.25) is 0 Å². The van der Waals surface area contributed by atoms with Crippen molar-refractivity contribution in [2.45, 2.75) is 110 Å². The third kappa shape index (κ3) is 11.3. The average Bonchev–Trinajstić information content (AvgIpc) is 2.44. The molecular weight excluding hydrogens is 309 g/mol. The molecule has 0 fully saturated rings. The van der Waals surface area contributed by atoms with Gasteiger partial charge < -0.3 is 9.79 Å². The Balaban J connectivity index is 4.31. The molecule has 0 saturated heterocycles. The summed E-state index contributed by atoms with van der Waals surface area (Å²) in [7, 11) is -4.19. The number of hydrogen-bond donors (Lipinski definition) is 2. The molecule has 0 aliphatic carbocycles. The van der Waals surface area contributed by atoms with E-state index in [9.17, 15) is 14.4 Å². The first-order valence-electron chi connectivity index (χ1n) is 9.59. The van der Waals surface area contributed by atoms with Gasteiger partial charge in [0.05, 0.1) is 0 Å². The van der Waals surface area contributed by atoms with Crippen LogP contribution in [0.3, 0.4) is 0 Å². The Hall–Kier alpha value is 0.110. The molecule has 0 spiro atoms. The fraction of sp³-hybridized carbons (Fsp3) is 1.00. The van der Waals surface area contributed by atoms with Gasteiger partial charge in [0, 0.05) is 12.1 Å². The Morgan fingerprint density at radius 3 is 1.70 bits per heavy atom. The maximum absolute atomic E-state index is 11.9. The maximum Gasteiger partial charge on any atom is 0.403 e. The predicted octanol–water partition coefficient (Wildman–Crippen LogP) is 5.88. The Morgan fingerprint density at radius 2 is 1.22 bits per heavy atom. The summed E-state index contributed by atoms with van der Waals surface area (Å²) < 4.78 is 13.3. The van der Waals surface area contributed by atoms with Gasteiger partial charge in [-0.05, 0) is 26.7 Å². The fourth-order valence-electron chi connectivity index (χ4n) is 3.12. The molecule has 140 valence electrons. The Kier molecular flexibility index (Phi) is 12.5. The predicted molar refractivity (Wildman–Crippen MR) is 99.6 cm³/mol. The van der Waals surface area contributed by atoms with E-state index in [1.807, 2.05) is 13.8 Å². The van der Waals surface area contributed by atoms with Crippen LogP contribution in [-0.4, -0.2) is 26.5 Å². The molecule has 0 aromatic heterocycles. The summed E-state index contributed by atoms with van der Waals surface area (Å²) in [6, 6.07) is 0. The molecule has 5 heteroatoms. The molecule has 0 aliphatic rings. The van der Waals surface area contributed by atoms with E-state index in [2.05, 4.69) is 13.8 Å². The minimum atomic E-state index is -4.19. The van der Waals surface area contributed by atoms with Crippen LogP contribution in [-0.2, 0) is 4.57 Å². The van der Waals surface area contributed by atoms with Crippen molar-refractivity contribution in [2.24, 2.45) is 0 Å². The van der Waals surface area contributed by atoms with Gasteiger partial charge in [-0.15, -0.1) is 0 Å². The summed E-state index contributed by atoms with van der Waals surface area (Å²) in [4.78, 5) is 19.5. The summed E-state index contributed by atoms with van der Waals surface area (Å²) in [5.74, 6) is 0. The zero-order valence-electron chi connectivity index (χ0n) is 15.9. The van der Waals surface area contributed by atoms with E-state index in [1.165, 1.54) is 49.6 Å². The second-order valence-electron chi connectivity index (χ2n) is 7.38. The molecule has 2 N–H and O–H groups in total. The van der Waals surface area contributed by atoms with Crippen LogP contribution in [0.25, 0.3) is 0 Å². The summed E-state index contributed by atoms with van der Waals surface area (Å²) in [5, 5.41) is 0. The van der Waals surface area contributed by atoms with Gasteiger partial charge in [-0.2, -0.15) is 0 Å². The van der Waals surface area contributed by atoms with Crippen molar-refractivity contribution in [1.29, 1.82) is 0 Å². The largest absolute Gasteiger partial charge is 0.403 e. The summed E-state index contributed by atoms with van der Waals surface area (Å²) >= 11 is 0. The van der Waals surface area contributed by atoms with Crippen LogP contribution in [0.5, 0.6) is 0 Å². The Labute approximate surface area is 144 Å². The van der Waals surface area contributed by atoms with E-state index in [0.29, 0.717) is 6.54 Å². The number of nitrogens with zero attached hydrogens (tertiary/aromatic N) is 1. The highest BCUT2D eigenvalue weighted by atomic mass is 31.2. The summed E-state index contributed by atoms with van der Waals surface area (Å²) in [6.45, 7) is 8.84. The van der Waals surface area contributed by atoms with Crippen LogP contribution < -0.4 is 0 Å².